The molecule has 0 heterocycles. The lowest BCUT2D eigenvalue weighted by Gasteiger charge is -2.20. The summed E-state index contributed by atoms with van der Waals surface area (Å²) in [6.07, 6.45) is 0. The molecule has 2 aromatic rings. The zero-order valence-corrected chi connectivity index (χ0v) is 17.4. The van der Waals surface area contributed by atoms with Gasteiger partial charge in [-0.1, -0.05) is 31.7 Å². The molecule has 0 unspecified atom stereocenters. The van der Waals surface area contributed by atoms with Crippen LogP contribution in [0, 0.1) is 6.92 Å². The van der Waals surface area contributed by atoms with Crippen LogP contribution in [0.1, 0.15) is 29.8 Å². The zero-order valence-electron chi connectivity index (χ0n) is 15.8. The first-order valence-corrected chi connectivity index (χ1v) is 11.0. The second kappa shape index (κ2) is 9.49. The lowest BCUT2D eigenvalue weighted by atomic mass is 10.1. The van der Waals surface area contributed by atoms with Crippen LogP contribution in [0.15, 0.2) is 52.3 Å². The summed E-state index contributed by atoms with van der Waals surface area (Å²) in [7, 11) is -3.70. The highest BCUT2D eigenvalue weighted by Gasteiger charge is 2.24. The van der Waals surface area contributed by atoms with Crippen molar-refractivity contribution in [1.29, 1.82) is 0 Å². The standard InChI is InChI=1S/C19H22F2N2O3S2/c1-4-23(5-2)28(25,26)17-12-14(7-6-13(17)3)18(24)22-15-8-10-16(11-9-15)27-19(20)21/h6-12,19H,4-5H2,1-3H3,(H,22,24). The molecule has 0 fully saturated rings. The molecule has 0 aliphatic rings. The quantitative estimate of drug-likeness (QED) is 0.625. The Labute approximate surface area is 168 Å². The number of alkyl halides is 2. The number of halogens is 2. The molecule has 0 radical (unpaired) electrons. The molecule has 0 atom stereocenters. The van der Waals surface area contributed by atoms with E-state index in [4.69, 9.17) is 0 Å². The van der Waals surface area contributed by atoms with Crippen molar-refractivity contribution in [3.05, 3.63) is 53.6 Å². The van der Waals surface area contributed by atoms with Crippen LogP contribution in [-0.4, -0.2) is 37.5 Å². The van der Waals surface area contributed by atoms with E-state index in [0.717, 1.165) is 0 Å². The van der Waals surface area contributed by atoms with Gasteiger partial charge in [0.1, 0.15) is 0 Å². The largest absolute Gasteiger partial charge is 0.322 e. The number of carbonyl (C=O) groups is 1. The maximum Gasteiger partial charge on any atom is 0.288 e. The second-order valence-electron chi connectivity index (χ2n) is 5.93. The SMILES string of the molecule is CCN(CC)S(=O)(=O)c1cc(C(=O)Nc2ccc(SC(F)F)cc2)ccc1C. The summed E-state index contributed by atoms with van der Waals surface area (Å²) in [4.78, 5) is 13.0. The Kier molecular flexibility index (Phi) is 7.56. The lowest BCUT2D eigenvalue weighted by Crippen LogP contribution is -2.31. The van der Waals surface area contributed by atoms with Crippen molar-refractivity contribution in [3.8, 4) is 0 Å². The second-order valence-corrected chi connectivity index (χ2v) is 8.90. The molecule has 0 aliphatic carbocycles. The molecule has 28 heavy (non-hydrogen) atoms. The summed E-state index contributed by atoms with van der Waals surface area (Å²) in [6.45, 7) is 5.85. The van der Waals surface area contributed by atoms with Gasteiger partial charge in [0.15, 0.2) is 0 Å². The number of sulfonamides is 1. The number of hydrogen-bond donors (Lipinski definition) is 1. The zero-order chi connectivity index (χ0) is 20.9. The van der Waals surface area contributed by atoms with Crippen molar-refractivity contribution < 1.29 is 22.0 Å². The summed E-state index contributed by atoms with van der Waals surface area (Å²) < 4.78 is 51.7. The minimum absolute atomic E-state index is 0.0903. The van der Waals surface area contributed by atoms with Gasteiger partial charge in [0.05, 0.1) is 4.90 Å². The van der Waals surface area contributed by atoms with Crippen LogP contribution in [0.2, 0.25) is 0 Å². The summed E-state index contributed by atoms with van der Waals surface area (Å²) in [5.74, 6) is -3.00. The third-order valence-corrected chi connectivity index (χ3v) is 7.03. The first kappa shape index (κ1) is 22.3. The number of amides is 1. The van der Waals surface area contributed by atoms with Gasteiger partial charge in [0.2, 0.25) is 10.0 Å². The van der Waals surface area contributed by atoms with Crippen LogP contribution >= 0.6 is 11.8 Å². The van der Waals surface area contributed by atoms with Crippen molar-refractivity contribution in [2.24, 2.45) is 0 Å². The fraction of sp³-hybridized carbons (Fsp3) is 0.316. The average Bonchev–Trinajstić information content (AvgIpc) is 2.63. The molecule has 0 spiro atoms. The molecular weight excluding hydrogens is 406 g/mol. The highest BCUT2D eigenvalue weighted by Crippen LogP contribution is 2.26. The number of nitrogens with one attached hydrogen (secondary N) is 1. The van der Waals surface area contributed by atoms with E-state index < -0.39 is 21.7 Å². The molecule has 0 aliphatic heterocycles. The first-order valence-electron chi connectivity index (χ1n) is 8.66. The van der Waals surface area contributed by atoms with Crippen LogP contribution in [0.3, 0.4) is 0 Å². The van der Waals surface area contributed by atoms with E-state index >= 15 is 0 Å². The smallest absolute Gasteiger partial charge is 0.288 e. The van der Waals surface area contributed by atoms with E-state index in [-0.39, 0.29) is 10.5 Å². The molecule has 152 valence electrons. The normalized spacial score (nSPS) is 11.8. The van der Waals surface area contributed by atoms with E-state index in [1.807, 2.05) is 0 Å². The van der Waals surface area contributed by atoms with Crippen LogP contribution in [0.5, 0.6) is 0 Å². The molecule has 2 rings (SSSR count). The van der Waals surface area contributed by atoms with E-state index in [1.165, 1.54) is 34.6 Å². The van der Waals surface area contributed by atoms with Gasteiger partial charge in [-0.25, -0.2) is 8.42 Å². The van der Waals surface area contributed by atoms with Crippen molar-refractivity contribution in [2.45, 2.75) is 36.3 Å². The number of carbonyl (C=O) groups excluding carboxylic acids is 1. The van der Waals surface area contributed by atoms with Crippen molar-refractivity contribution in [2.75, 3.05) is 18.4 Å². The van der Waals surface area contributed by atoms with E-state index in [9.17, 15) is 22.0 Å². The Morgan fingerprint density at radius 2 is 1.71 bits per heavy atom. The van der Waals surface area contributed by atoms with Gasteiger partial charge >= 0.3 is 0 Å². The molecule has 2 aromatic carbocycles. The summed E-state index contributed by atoms with van der Waals surface area (Å²) >= 11 is 0.418. The van der Waals surface area contributed by atoms with Crippen LogP contribution in [0.25, 0.3) is 0 Å². The van der Waals surface area contributed by atoms with Gasteiger partial charge in [-0.3, -0.25) is 4.79 Å². The van der Waals surface area contributed by atoms with Crippen molar-refractivity contribution >= 4 is 33.4 Å². The maximum absolute atomic E-state index is 12.8. The van der Waals surface area contributed by atoms with Gasteiger partial charge in [-0.2, -0.15) is 13.1 Å². The van der Waals surface area contributed by atoms with Crippen LogP contribution < -0.4 is 5.32 Å². The first-order chi connectivity index (χ1) is 13.2. The van der Waals surface area contributed by atoms with Gasteiger partial charge < -0.3 is 5.32 Å². The van der Waals surface area contributed by atoms with Gasteiger partial charge in [0.25, 0.3) is 11.7 Å². The molecule has 1 amide bonds. The summed E-state index contributed by atoms with van der Waals surface area (Å²) in [6, 6.07) is 10.5. The minimum atomic E-state index is -3.70. The molecule has 0 bridgehead atoms. The highest BCUT2D eigenvalue weighted by molar-refractivity contribution is 7.99. The van der Waals surface area contributed by atoms with Crippen molar-refractivity contribution in [1.82, 2.24) is 4.31 Å². The molecule has 0 aromatic heterocycles. The molecule has 0 saturated heterocycles. The van der Waals surface area contributed by atoms with Crippen LogP contribution in [-0.2, 0) is 10.0 Å². The Balaban J connectivity index is 2.25. The molecule has 5 nitrogen and oxygen atoms in total. The number of thioether (sulfide) groups is 1. The highest BCUT2D eigenvalue weighted by atomic mass is 32.2. The third kappa shape index (κ3) is 5.30. The summed E-state index contributed by atoms with van der Waals surface area (Å²) in [5.41, 5.74) is 1.18. The molecular formula is C19H22F2N2O3S2. The topological polar surface area (TPSA) is 66.5 Å². The number of rotatable bonds is 8. The van der Waals surface area contributed by atoms with E-state index in [2.05, 4.69) is 5.32 Å². The Hall–Kier alpha value is -1.97. The van der Waals surface area contributed by atoms with Gasteiger partial charge in [-0.05, 0) is 48.9 Å². The Morgan fingerprint density at radius 1 is 1.11 bits per heavy atom. The lowest BCUT2D eigenvalue weighted by molar-refractivity contribution is 0.102. The summed E-state index contributed by atoms with van der Waals surface area (Å²) in [5, 5.41) is 2.65. The fourth-order valence-electron chi connectivity index (χ4n) is 2.64. The number of nitrogens with zero attached hydrogens (tertiary/aromatic N) is 1. The third-order valence-electron chi connectivity index (χ3n) is 4.11. The number of anilines is 1. The average molecular weight is 429 g/mol. The molecule has 9 heteroatoms. The number of aryl methyl sites for hydroxylation is 1. The molecule has 0 saturated carbocycles. The van der Waals surface area contributed by atoms with Crippen LogP contribution in [0.4, 0.5) is 14.5 Å². The maximum atomic E-state index is 12.8. The van der Waals surface area contributed by atoms with Gasteiger partial charge in [-0.15, -0.1) is 0 Å². The Morgan fingerprint density at radius 3 is 2.25 bits per heavy atom. The number of hydrogen-bond acceptors (Lipinski definition) is 4. The minimum Gasteiger partial charge on any atom is -0.322 e. The number of benzene rings is 2. The Bertz CT molecular complexity index is 929. The van der Waals surface area contributed by atoms with E-state index in [0.29, 0.717) is 41.0 Å². The predicted octanol–water partition coefficient (Wildman–Crippen LogP) is 4.59. The van der Waals surface area contributed by atoms with E-state index in [1.54, 1.807) is 32.9 Å². The van der Waals surface area contributed by atoms with Gasteiger partial charge in [0, 0.05) is 29.2 Å². The van der Waals surface area contributed by atoms with Crippen molar-refractivity contribution in [3.63, 3.8) is 0 Å². The fourth-order valence-corrected chi connectivity index (χ4v) is 4.85. The monoisotopic (exact) mass is 428 g/mol. The molecule has 1 N–H and O–H groups in total. The predicted molar refractivity (Wildman–Crippen MR) is 108 cm³/mol.